The SMILES string of the molecule is CC(C)N(CCO)Cc1ccc(CN)cc1. The first-order valence-corrected chi connectivity index (χ1v) is 5.80. The van der Waals surface area contributed by atoms with Gasteiger partial charge in [-0.15, -0.1) is 0 Å². The third-order valence-corrected chi connectivity index (χ3v) is 2.76. The zero-order chi connectivity index (χ0) is 12.0. The summed E-state index contributed by atoms with van der Waals surface area (Å²) in [5, 5.41) is 8.99. The summed E-state index contributed by atoms with van der Waals surface area (Å²) in [6, 6.07) is 8.78. The minimum Gasteiger partial charge on any atom is -0.395 e. The molecule has 1 rings (SSSR count). The molecule has 0 radical (unpaired) electrons. The third kappa shape index (κ3) is 3.93. The Morgan fingerprint density at radius 3 is 2.19 bits per heavy atom. The number of rotatable bonds is 6. The fourth-order valence-electron chi connectivity index (χ4n) is 1.66. The van der Waals surface area contributed by atoms with Crippen molar-refractivity contribution in [3.63, 3.8) is 0 Å². The van der Waals surface area contributed by atoms with E-state index in [-0.39, 0.29) is 6.61 Å². The van der Waals surface area contributed by atoms with Gasteiger partial charge in [0.05, 0.1) is 6.61 Å². The van der Waals surface area contributed by atoms with Crippen molar-refractivity contribution in [3.8, 4) is 0 Å². The Morgan fingerprint density at radius 2 is 1.75 bits per heavy atom. The van der Waals surface area contributed by atoms with Gasteiger partial charge in [0.2, 0.25) is 0 Å². The predicted octanol–water partition coefficient (Wildman–Crippen LogP) is 1.35. The first-order valence-electron chi connectivity index (χ1n) is 5.80. The highest BCUT2D eigenvalue weighted by Gasteiger charge is 2.08. The molecule has 0 fully saturated rings. The van der Waals surface area contributed by atoms with E-state index < -0.39 is 0 Å². The van der Waals surface area contributed by atoms with Crippen LogP contribution in [0.2, 0.25) is 0 Å². The van der Waals surface area contributed by atoms with E-state index in [1.54, 1.807) is 0 Å². The largest absolute Gasteiger partial charge is 0.395 e. The van der Waals surface area contributed by atoms with Gasteiger partial charge in [-0.05, 0) is 25.0 Å². The Kier molecular flexibility index (Phi) is 5.46. The van der Waals surface area contributed by atoms with Crippen molar-refractivity contribution < 1.29 is 5.11 Å². The van der Waals surface area contributed by atoms with E-state index in [1.807, 2.05) is 0 Å². The van der Waals surface area contributed by atoms with Gasteiger partial charge < -0.3 is 10.8 Å². The molecule has 0 atom stereocenters. The molecule has 90 valence electrons. The van der Waals surface area contributed by atoms with E-state index in [0.29, 0.717) is 12.6 Å². The van der Waals surface area contributed by atoms with Gasteiger partial charge in [-0.2, -0.15) is 0 Å². The van der Waals surface area contributed by atoms with Crippen LogP contribution in [-0.4, -0.2) is 29.2 Å². The standard InChI is InChI=1S/C13H22N2O/c1-11(2)15(7-8-16)10-13-5-3-12(9-14)4-6-13/h3-6,11,16H,7-10,14H2,1-2H3. The molecule has 0 unspecified atom stereocenters. The lowest BCUT2D eigenvalue weighted by Gasteiger charge is -2.25. The molecule has 0 amide bonds. The van der Waals surface area contributed by atoms with Crippen LogP contribution < -0.4 is 5.73 Å². The van der Waals surface area contributed by atoms with Crippen LogP contribution in [0, 0.1) is 0 Å². The van der Waals surface area contributed by atoms with Crippen LogP contribution in [0.25, 0.3) is 0 Å². The van der Waals surface area contributed by atoms with Crippen molar-refractivity contribution in [2.75, 3.05) is 13.2 Å². The maximum absolute atomic E-state index is 8.99. The highest BCUT2D eigenvalue weighted by molar-refractivity contribution is 5.22. The number of hydrogen-bond acceptors (Lipinski definition) is 3. The summed E-state index contributed by atoms with van der Waals surface area (Å²) in [6.07, 6.45) is 0. The minimum absolute atomic E-state index is 0.207. The van der Waals surface area contributed by atoms with E-state index in [9.17, 15) is 0 Å². The van der Waals surface area contributed by atoms with Gasteiger partial charge in [0.25, 0.3) is 0 Å². The van der Waals surface area contributed by atoms with Crippen molar-refractivity contribution in [1.29, 1.82) is 0 Å². The van der Waals surface area contributed by atoms with Crippen molar-refractivity contribution in [2.45, 2.75) is 33.0 Å². The number of nitrogens with two attached hydrogens (primary N) is 1. The number of benzene rings is 1. The van der Waals surface area contributed by atoms with E-state index in [4.69, 9.17) is 10.8 Å². The van der Waals surface area contributed by atoms with Gasteiger partial charge >= 0.3 is 0 Å². The van der Waals surface area contributed by atoms with E-state index in [1.165, 1.54) is 5.56 Å². The van der Waals surface area contributed by atoms with Crippen LogP contribution in [0.4, 0.5) is 0 Å². The first-order chi connectivity index (χ1) is 7.67. The number of hydrogen-bond donors (Lipinski definition) is 2. The quantitative estimate of drug-likeness (QED) is 0.764. The Balaban J connectivity index is 2.62. The topological polar surface area (TPSA) is 49.5 Å². The lowest BCUT2D eigenvalue weighted by atomic mass is 10.1. The van der Waals surface area contributed by atoms with Gasteiger partial charge in [-0.3, -0.25) is 4.90 Å². The summed E-state index contributed by atoms with van der Waals surface area (Å²) in [6.45, 7) is 6.68. The second-order valence-corrected chi connectivity index (χ2v) is 4.31. The van der Waals surface area contributed by atoms with Gasteiger partial charge in [-0.25, -0.2) is 0 Å². The summed E-state index contributed by atoms with van der Waals surface area (Å²) in [4.78, 5) is 2.25. The summed E-state index contributed by atoms with van der Waals surface area (Å²) in [5.41, 5.74) is 7.97. The maximum Gasteiger partial charge on any atom is 0.0558 e. The smallest absolute Gasteiger partial charge is 0.0558 e. The molecule has 1 aromatic rings. The van der Waals surface area contributed by atoms with Crippen LogP contribution >= 0.6 is 0 Å². The molecule has 0 aliphatic rings. The van der Waals surface area contributed by atoms with Crippen LogP contribution in [0.3, 0.4) is 0 Å². The Labute approximate surface area is 97.9 Å². The molecule has 0 saturated carbocycles. The van der Waals surface area contributed by atoms with E-state index >= 15 is 0 Å². The highest BCUT2D eigenvalue weighted by atomic mass is 16.3. The number of aliphatic hydroxyl groups is 1. The van der Waals surface area contributed by atoms with Crippen LogP contribution in [-0.2, 0) is 13.1 Å². The molecule has 1 aromatic carbocycles. The van der Waals surface area contributed by atoms with Crippen LogP contribution in [0.1, 0.15) is 25.0 Å². The molecular weight excluding hydrogens is 200 g/mol. The summed E-state index contributed by atoms with van der Waals surface area (Å²) in [7, 11) is 0. The molecule has 0 heterocycles. The molecule has 0 aliphatic carbocycles. The van der Waals surface area contributed by atoms with Crippen molar-refractivity contribution in [3.05, 3.63) is 35.4 Å². The highest BCUT2D eigenvalue weighted by Crippen LogP contribution is 2.09. The minimum atomic E-state index is 0.207. The molecule has 0 saturated heterocycles. The van der Waals surface area contributed by atoms with Crippen molar-refractivity contribution in [1.82, 2.24) is 4.90 Å². The lowest BCUT2D eigenvalue weighted by Crippen LogP contribution is -2.32. The summed E-state index contributed by atoms with van der Waals surface area (Å²) < 4.78 is 0. The Bertz CT molecular complexity index is 295. The molecule has 0 aliphatic heterocycles. The van der Waals surface area contributed by atoms with E-state index in [2.05, 4.69) is 43.0 Å². The molecular formula is C13H22N2O. The van der Waals surface area contributed by atoms with Gasteiger partial charge in [-0.1, -0.05) is 24.3 Å². The summed E-state index contributed by atoms with van der Waals surface area (Å²) in [5.74, 6) is 0. The molecule has 0 spiro atoms. The predicted molar refractivity (Wildman–Crippen MR) is 67.0 cm³/mol. The van der Waals surface area contributed by atoms with Gasteiger partial charge in [0.15, 0.2) is 0 Å². The zero-order valence-electron chi connectivity index (χ0n) is 10.2. The van der Waals surface area contributed by atoms with Crippen molar-refractivity contribution >= 4 is 0 Å². The second-order valence-electron chi connectivity index (χ2n) is 4.31. The number of aliphatic hydroxyl groups excluding tert-OH is 1. The normalized spacial score (nSPS) is 11.4. The Morgan fingerprint density at radius 1 is 1.19 bits per heavy atom. The fraction of sp³-hybridized carbons (Fsp3) is 0.538. The molecule has 3 heteroatoms. The molecule has 0 bridgehead atoms. The molecule has 16 heavy (non-hydrogen) atoms. The number of nitrogens with zero attached hydrogens (tertiary/aromatic N) is 1. The van der Waals surface area contributed by atoms with Gasteiger partial charge in [0, 0.05) is 25.7 Å². The maximum atomic E-state index is 8.99. The third-order valence-electron chi connectivity index (χ3n) is 2.76. The molecule has 3 N–H and O–H groups in total. The van der Waals surface area contributed by atoms with Crippen LogP contribution in [0.15, 0.2) is 24.3 Å². The second kappa shape index (κ2) is 6.63. The fourth-order valence-corrected chi connectivity index (χ4v) is 1.66. The van der Waals surface area contributed by atoms with Crippen LogP contribution in [0.5, 0.6) is 0 Å². The molecule has 3 nitrogen and oxygen atoms in total. The summed E-state index contributed by atoms with van der Waals surface area (Å²) >= 11 is 0. The molecule has 0 aromatic heterocycles. The lowest BCUT2D eigenvalue weighted by molar-refractivity contribution is 0.159. The van der Waals surface area contributed by atoms with E-state index in [0.717, 1.165) is 18.7 Å². The average Bonchev–Trinajstić information content (AvgIpc) is 2.29. The monoisotopic (exact) mass is 222 g/mol. The average molecular weight is 222 g/mol. The zero-order valence-corrected chi connectivity index (χ0v) is 10.2. The van der Waals surface area contributed by atoms with Gasteiger partial charge in [0.1, 0.15) is 0 Å². The Hall–Kier alpha value is -0.900. The van der Waals surface area contributed by atoms with Crippen molar-refractivity contribution in [2.24, 2.45) is 5.73 Å². The first kappa shape index (κ1) is 13.2.